The summed E-state index contributed by atoms with van der Waals surface area (Å²) in [5.74, 6) is 0.504. The molecule has 0 N–H and O–H groups in total. The van der Waals surface area contributed by atoms with E-state index in [1.54, 1.807) is 0 Å². The second-order valence-corrected chi connectivity index (χ2v) is 6.03. The topological polar surface area (TPSA) is 52.3 Å². The van der Waals surface area contributed by atoms with Gasteiger partial charge in [0.2, 0.25) is 11.5 Å². The normalized spacial score (nSPS) is 12.0. The maximum atomic E-state index is 6.07. The number of furan rings is 2. The lowest BCUT2D eigenvalue weighted by molar-refractivity contribution is 0.618. The maximum Gasteiger partial charge on any atom is 0.267 e. The number of oxazole rings is 1. The standard InChI is InChI=1S/C21H11NO3/c1-3-10-16-12(6-1)13-8-5-9-15(18(13)23-16)20-22-21-19(25-20)14-7-2-4-11-17(14)24-21/h1-11H. The Morgan fingerprint density at radius 2 is 1.28 bits per heavy atom. The van der Waals surface area contributed by atoms with Crippen molar-refractivity contribution in [3.8, 4) is 11.5 Å². The predicted molar refractivity (Wildman–Crippen MR) is 96.5 cm³/mol. The largest absolute Gasteiger partial charge is 0.455 e. The maximum absolute atomic E-state index is 6.07. The molecule has 0 fully saturated rings. The zero-order valence-corrected chi connectivity index (χ0v) is 13.0. The third-order valence-corrected chi connectivity index (χ3v) is 4.57. The summed E-state index contributed by atoms with van der Waals surface area (Å²) in [7, 11) is 0. The minimum atomic E-state index is 0.504. The van der Waals surface area contributed by atoms with E-state index in [0.717, 1.165) is 38.5 Å². The molecule has 0 saturated heterocycles. The van der Waals surface area contributed by atoms with Gasteiger partial charge in [-0.2, -0.15) is 4.98 Å². The van der Waals surface area contributed by atoms with Crippen LogP contribution in [-0.2, 0) is 0 Å². The molecule has 3 aromatic carbocycles. The highest BCUT2D eigenvalue weighted by atomic mass is 16.4. The van der Waals surface area contributed by atoms with Crippen LogP contribution in [0.4, 0.5) is 0 Å². The van der Waals surface area contributed by atoms with E-state index < -0.39 is 0 Å². The Bertz CT molecular complexity index is 1400. The summed E-state index contributed by atoms with van der Waals surface area (Å²) in [6.45, 7) is 0. The van der Waals surface area contributed by atoms with Crippen molar-refractivity contribution in [1.29, 1.82) is 0 Å². The van der Waals surface area contributed by atoms with Crippen LogP contribution < -0.4 is 0 Å². The van der Waals surface area contributed by atoms with Crippen LogP contribution in [0.15, 0.2) is 80.0 Å². The minimum absolute atomic E-state index is 0.504. The molecule has 118 valence electrons. The van der Waals surface area contributed by atoms with Gasteiger partial charge in [0.25, 0.3) is 5.71 Å². The molecule has 4 nitrogen and oxygen atoms in total. The number of fused-ring (bicyclic) bond motifs is 6. The highest BCUT2D eigenvalue weighted by molar-refractivity contribution is 6.09. The molecule has 3 heterocycles. The Balaban J connectivity index is 1.67. The molecule has 0 aliphatic carbocycles. The predicted octanol–water partition coefficient (Wildman–Crippen LogP) is 6.14. The molecule has 0 bridgehead atoms. The number of rotatable bonds is 1. The van der Waals surface area contributed by atoms with Crippen molar-refractivity contribution in [3.63, 3.8) is 0 Å². The number of hydrogen-bond donors (Lipinski definition) is 0. The number of aromatic nitrogens is 1. The monoisotopic (exact) mass is 325 g/mol. The Kier molecular flexibility index (Phi) is 2.32. The first-order valence-electron chi connectivity index (χ1n) is 8.07. The Labute approximate surface area is 141 Å². The Hall–Kier alpha value is -3.53. The van der Waals surface area contributed by atoms with Crippen LogP contribution in [0.25, 0.3) is 55.7 Å². The fourth-order valence-corrected chi connectivity index (χ4v) is 3.42. The van der Waals surface area contributed by atoms with Crippen molar-refractivity contribution < 1.29 is 13.3 Å². The summed E-state index contributed by atoms with van der Waals surface area (Å²) < 4.78 is 17.9. The lowest BCUT2D eigenvalue weighted by Gasteiger charge is -1.96. The summed E-state index contributed by atoms with van der Waals surface area (Å²) in [6.07, 6.45) is 0. The first kappa shape index (κ1) is 12.8. The third kappa shape index (κ3) is 1.68. The molecule has 0 saturated carbocycles. The van der Waals surface area contributed by atoms with E-state index in [1.807, 2.05) is 60.7 Å². The number of para-hydroxylation sites is 3. The lowest BCUT2D eigenvalue weighted by atomic mass is 10.1. The van der Waals surface area contributed by atoms with Gasteiger partial charge in [0.05, 0.1) is 10.9 Å². The molecular formula is C21H11NO3. The van der Waals surface area contributed by atoms with Crippen molar-refractivity contribution in [1.82, 2.24) is 4.98 Å². The summed E-state index contributed by atoms with van der Waals surface area (Å²) in [5.41, 5.74) is 4.40. The average molecular weight is 325 g/mol. The van der Waals surface area contributed by atoms with Crippen molar-refractivity contribution in [2.24, 2.45) is 0 Å². The van der Waals surface area contributed by atoms with Gasteiger partial charge < -0.3 is 13.3 Å². The molecule has 0 spiro atoms. The van der Waals surface area contributed by atoms with Crippen molar-refractivity contribution in [3.05, 3.63) is 66.7 Å². The summed E-state index contributed by atoms with van der Waals surface area (Å²) >= 11 is 0. The van der Waals surface area contributed by atoms with E-state index >= 15 is 0 Å². The smallest absolute Gasteiger partial charge is 0.267 e. The first-order chi connectivity index (χ1) is 12.4. The van der Waals surface area contributed by atoms with Crippen LogP contribution in [-0.4, -0.2) is 4.98 Å². The minimum Gasteiger partial charge on any atom is -0.455 e. The molecule has 0 radical (unpaired) electrons. The SMILES string of the molecule is c1ccc2c(c1)oc1c(-c3nc4oc5ccccc5c4o3)cccc12. The van der Waals surface area contributed by atoms with E-state index in [4.69, 9.17) is 13.3 Å². The summed E-state index contributed by atoms with van der Waals surface area (Å²) in [6, 6.07) is 21.8. The fraction of sp³-hybridized carbons (Fsp3) is 0. The van der Waals surface area contributed by atoms with Gasteiger partial charge in [-0.15, -0.1) is 0 Å². The van der Waals surface area contributed by atoms with Crippen LogP contribution in [0, 0.1) is 0 Å². The van der Waals surface area contributed by atoms with Crippen LogP contribution in [0.2, 0.25) is 0 Å². The lowest BCUT2D eigenvalue weighted by Crippen LogP contribution is -1.78. The van der Waals surface area contributed by atoms with Gasteiger partial charge in [0.15, 0.2) is 0 Å². The van der Waals surface area contributed by atoms with Gasteiger partial charge >= 0.3 is 0 Å². The molecule has 0 amide bonds. The molecule has 0 atom stereocenters. The van der Waals surface area contributed by atoms with Crippen LogP contribution in [0.1, 0.15) is 0 Å². The number of benzene rings is 3. The van der Waals surface area contributed by atoms with Gasteiger partial charge in [-0.1, -0.05) is 42.5 Å². The fourth-order valence-electron chi connectivity index (χ4n) is 3.42. The van der Waals surface area contributed by atoms with E-state index in [0.29, 0.717) is 17.2 Å². The van der Waals surface area contributed by atoms with Crippen LogP contribution >= 0.6 is 0 Å². The second kappa shape index (κ2) is 4.51. The Morgan fingerprint density at radius 3 is 2.16 bits per heavy atom. The number of nitrogens with zero attached hydrogens (tertiary/aromatic N) is 1. The van der Waals surface area contributed by atoms with E-state index in [1.165, 1.54) is 0 Å². The van der Waals surface area contributed by atoms with Crippen LogP contribution in [0.3, 0.4) is 0 Å². The second-order valence-electron chi connectivity index (χ2n) is 6.03. The van der Waals surface area contributed by atoms with Crippen molar-refractivity contribution in [2.45, 2.75) is 0 Å². The Morgan fingerprint density at radius 1 is 0.560 bits per heavy atom. The third-order valence-electron chi connectivity index (χ3n) is 4.57. The van der Waals surface area contributed by atoms with Gasteiger partial charge in [-0.25, -0.2) is 0 Å². The summed E-state index contributed by atoms with van der Waals surface area (Å²) in [4.78, 5) is 4.55. The molecule has 3 aromatic heterocycles. The summed E-state index contributed by atoms with van der Waals surface area (Å²) in [5, 5.41) is 3.06. The van der Waals surface area contributed by atoms with Crippen LogP contribution in [0.5, 0.6) is 0 Å². The van der Waals surface area contributed by atoms with Gasteiger partial charge in [-0.05, 0) is 24.3 Å². The average Bonchev–Trinajstić information content (AvgIpc) is 3.31. The molecule has 0 unspecified atom stereocenters. The van der Waals surface area contributed by atoms with E-state index in [9.17, 15) is 0 Å². The molecule has 6 rings (SSSR count). The highest BCUT2D eigenvalue weighted by Gasteiger charge is 2.19. The molecule has 4 heteroatoms. The van der Waals surface area contributed by atoms with Gasteiger partial charge in [-0.3, -0.25) is 0 Å². The van der Waals surface area contributed by atoms with Gasteiger partial charge in [0.1, 0.15) is 16.7 Å². The van der Waals surface area contributed by atoms with Crippen molar-refractivity contribution in [2.75, 3.05) is 0 Å². The zero-order chi connectivity index (χ0) is 16.4. The van der Waals surface area contributed by atoms with Gasteiger partial charge in [0, 0.05) is 10.8 Å². The molecule has 6 aromatic rings. The number of hydrogen-bond acceptors (Lipinski definition) is 4. The molecular weight excluding hydrogens is 314 g/mol. The molecule has 0 aliphatic rings. The van der Waals surface area contributed by atoms with E-state index in [2.05, 4.69) is 11.1 Å². The quantitative estimate of drug-likeness (QED) is 0.364. The highest BCUT2D eigenvalue weighted by Crippen LogP contribution is 2.38. The first-order valence-corrected chi connectivity index (χ1v) is 8.07. The molecule has 0 aliphatic heterocycles. The van der Waals surface area contributed by atoms with Crippen molar-refractivity contribution >= 4 is 44.2 Å². The van der Waals surface area contributed by atoms with E-state index in [-0.39, 0.29) is 0 Å². The molecule has 25 heavy (non-hydrogen) atoms. The zero-order valence-electron chi connectivity index (χ0n) is 13.0.